The van der Waals surface area contributed by atoms with E-state index in [4.69, 9.17) is 11.6 Å². The molecule has 0 aromatic heterocycles. The number of ketones is 2. The molecule has 0 N–H and O–H groups in total. The van der Waals surface area contributed by atoms with Gasteiger partial charge in [-0.15, -0.1) is 0 Å². The summed E-state index contributed by atoms with van der Waals surface area (Å²) < 4.78 is 24.2. The van der Waals surface area contributed by atoms with Crippen LogP contribution in [0.3, 0.4) is 0 Å². The zero-order valence-corrected chi connectivity index (χ0v) is 18.2. The lowest BCUT2D eigenvalue weighted by Gasteiger charge is -2.19. The van der Waals surface area contributed by atoms with Gasteiger partial charge in [0.25, 0.3) is 0 Å². The lowest BCUT2D eigenvalue weighted by atomic mass is 9.91. The van der Waals surface area contributed by atoms with Crippen LogP contribution in [0.5, 0.6) is 0 Å². The van der Waals surface area contributed by atoms with Crippen LogP contribution in [0.25, 0.3) is 0 Å². The van der Waals surface area contributed by atoms with Crippen LogP contribution in [0.4, 0.5) is 0 Å². The van der Waals surface area contributed by atoms with Gasteiger partial charge in [0, 0.05) is 21.8 Å². The molecule has 150 valence electrons. The first kappa shape index (κ1) is 20.4. The third kappa shape index (κ3) is 3.81. The largest absolute Gasteiger partial charge is 0.294 e. The van der Waals surface area contributed by atoms with Gasteiger partial charge in [-0.3, -0.25) is 9.59 Å². The number of Topliss-reactive ketones (excluding diaryl/α,β-unsaturated/α-hetero) is 2. The number of sulfone groups is 1. The average molecular weight is 447 g/mol. The number of hydrogen-bond acceptors (Lipinski definition) is 5. The fraction of sp³-hybridized carbons (Fsp3) is 0.273. The molecule has 0 radical (unpaired) electrons. The van der Waals surface area contributed by atoms with Gasteiger partial charge in [-0.1, -0.05) is 41.1 Å². The Morgan fingerprint density at radius 1 is 1.03 bits per heavy atom. The number of benzene rings is 2. The first-order valence-corrected chi connectivity index (χ1v) is 12.2. The molecule has 0 saturated carbocycles. The number of halogens is 1. The van der Waals surface area contributed by atoms with E-state index < -0.39 is 15.6 Å². The molecule has 2 aliphatic rings. The predicted octanol–water partition coefficient (Wildman–Crippen LogP) is 4.96. The number of allylic oxidation sites excluding steroid dienone is 2. The van der Waals surface area contributed by atoms with Gasteiger partial charge < -0.3 is 0 Å². The summed E-state index contributed by atoms with van der Waals surface area (Å²) in [7, 11) is -3.34. The molecule has 0 atom stereocenters. The Morgan fingerprint density at radius 2 is 1.76 bits per heavy atom. The Morgan fingerprint density at radius 3 is 2.48 bits per heavy atom. The molecule has 0 spiro atoms. The number of aryl methyl sites for hydroxylation is 1. The fourth-order valence-corrected chi connectivity index (χ4v) is 6.76. The first-order chi connectivity index (χ1) is 13.8. The Labute approximate surface area is 179 Å². The topological polar surface area (TPSA) is 68.3 Å². The van der Waals surface area contributed by atoms with Gasteiger partial charge in [-0.05, 0) is 56.0 Å². The van der Waals surface area contributed by atoms with Crippen molar-refractivity contribution in [2.24, 2.45) is 0 Å². The zero-order chi connectivity index (χ0) is 20.8. The van der Waals surface area contributed by atoms with Crippen molar-refractivity contribution in [3.05, 3.63) is 68.6 Å². The van der Waals surface area contributed by atoms with Gasteiger partial charge in [-0.2, -0.15) is 0 Å². The van der Waals surface area contributed by atoms with Crippen LogP contribution in [-0.4, -0.2) is 25.7 Å². The maximum atomic E-state index is 13.3. The summed E-state index contributed by atoms with van der Waals surface area (Å²) in [6.45, 7) is 2.00. The molecular formula is C22H19ClO4S2. The molecule has 7 heteroatoms. The zero-order valence-electron chi connectivity index (χ0n) is 15.8. The van der Waals surface area contributed by atoms with Crippen molar-refractivity contribution < 1.29 is 18.0 Å². The molecule has 4 nitrogen and oxygen atoms in total. The third-order valence-corrected chi connectivity index (χ3v) is 8.64. The summed E-state index contributed by atoms with van der Waals surface area (Å²) in [4.78, 5) is 27.9. The summed E-state index contributed by atoms with van der Waals surface area (Å²) >= 11 is 7.88. The number of hydrogen-bond donors (Lipinski definition) is 0. The maximum absolute atomic E-state index is 13.3. The molecule has 1 aliphatic carbocycles. The van der Waals surface area contributed by atoms with Crippen molar-refractivity contribution in [1.82, 2.24) is 0 Å². The smallest absolute Gasteiger partial charge is 0.198 e. The van der Waals surface area contributed by atoms with Gasteiger partial charge in [0.1, 0.15) is 0 Å². The fourth-order valence-electron chi connectivity index (χ4n) is 3.70. The van der Waals surface area contributed by atoms with E-state index in [-0.39, 0.29) is 39.0 Å². The summed E-state index contributed by atoms with van der Waals surface area (Å²) in [5.41, 5.74) is 2.01. The van der Waals surface area contributed by atoms with Gasteiger partial charge in [-0.25, -0.2) is 8.42 Å². The van der Waals surface area contributed by atoms with E-state index in [2.05, 4.69) is 0 Å². The van der Waals surface area contributed by atoms with E-state index in [0.717, 1.165) is 15.4 Å². The molecular weight excluding hydrogens is 428 g/mol. The van der Waals surface area contributed by atoms with E-state index in [1.54, 1.807) is 0 Å². The summed E-state index contributed by atoms with van der Waals surface area (Å²) in [5.74, 6) is -0.600. The second kappa shape index (κ2) is 7.74. The van der Waals surface area contributed by atoms with E-state index in [0.29, 0.717) is 24.8 Å². The van der Waals surface area contributed by atoms with Gasteiger partial charge in [0.05, 0.1) is 21.2 Å². The Balaban J connectivity index is 1.76. The highest BCUT2D eigenvalue weighted by Gasteiger charge is 2.33. The third-order valence-electron chi connectivity index (χ3n) is 5.26. The number of carbonyl (C=O) groups excluding carboxylic acids is 2. The monoisotopic (exact) mass is 446 g/mol. The van der Waals surface area contributed by atoms with Gasteiger partial charge >= 0.3 is 0 Å². The van der Waals surface area contributed by atoms with Crippen LogP contribution < -0.4 is 0 Å². The normalized spacial score (nSPS) is 18.1. The summed E-state index contributed by atoms with van der Waals surface area (Å²) in [6.07, 6.45) is 1.98. The highest BCUT2D eigenvalue weighted by Crippen LogP contribution is 2.40. The van der Waals surface area contributed by atoms with Crippen molar-refractivity contribution in [3.8, 4) is 0 Å². The second-order valence-corrected chi connectivity index (χ2v) is 10.9. The molecule has 0 saturated heterocycles. The second-order valence-electron chi connectivity index (χ2n) is 7.29. The van der Waals surface area contributed by atoms with Crippen LogP contribution in [0.2, 0.25) is 5.02 Å². The lowest BCUT2D eigenvalue weighted by molar-refractivity contribution is -0.115. The molecule has 2 aromatic carbocycles. The summed E-state index contributed by atoms with van der Waals surface area (Å²) in [6, 6.07) is 10.8. The van der Waals surface area contributed by atoms with E-state index in [1.807, 2.05) is 31.2 Å². The molecule has 0 fully saturated rings. The molecule has 0 amide bonds. The average Bonchev–Trinajstić information content (AvgIpc) is 2.99. The minimum atomic E-state index is -3.34. The maximum Gasteiger partial charge on any atom is 0.198 e. The van der Waals surface area contributed by atoms with Crippen LogP contribution in [-0.2, 0) is 21.1 Å². The Kier molecular flexibility index (Phi) is 5.44. The minimum Gasteiger partial charge on any atom is -0.294 e. The highest BCUT2D eigenvalue weighted by atomic mass is 35.5. The standard InChI is InChI=1S/C22H19ClO4S2/c1-13-5-7-14(8-6-13)28-18-4-2-3-17(24)20(18)22(25)16-9-10-19-15(21(16)23)11-12-29(19,26)27/h5-10H,2-4,11-12H2,1H3. The SMILES string of the molecule is Cc1ccc(SC2=C(C(=O)c3ccc4c(c3Cl)CCS4(=O)=O)C(=O)CCC2)cc1. The molecule has 4 rings (SSSR count). The first-order valence-electron chi connectivity index (χ1n) is 9.37. The Bertz CT molecular complexity index is 1160. The van der Waals surface area contributed by atoms with Crippen molar-refractivity contribution in [3.63, 3.8) is 0 Å². The molecule has 1 aliphatic heterocycles. The molecule has 2 aromatic rings. The number of fused-ring (bicyclic) bond motifs is 1. The number of carbonyl (C=O) groups is 2. The van der Waals surface area contributed by atoms with Crippen LogP contribution >= 0.6 is 23.4 Å². The highest BCUT2D eigenvalue weighted by molar-refractivity contribution is 8.03. The quantitative estimate of drug-likeness (QED) is 0.490. The number of rotatable bonds is 4. The summed E-state index contributed by atoms with van der Waals surface area (Å²) in [5, 5.41) is 0.152. The molecule has 1 heterocycles. The molecule has 0 bridgehead atoms. The van der Waals surface area contributed by atoms with Crippen molar-refractivity contribution in [1.29, 1.82) is 0 Å². The van der Waals surface area contributed by atoms with E-state index in [1.165, 1.54) is 23.9 Å². The van der Waals surface area contributed by atoms with Crippen molar-refractivity contribution in [2.45, 2.75) is 42.4 Å². The van der Waals surface area contributed by atoms with E-state index >= 15 is 0 Å². The van der Waals surface area contributed by atoms with Crippen LogP contribution in [0, 0.1) is 6.92 Å². The van der Waals surface area contributed by atoms with E-state index in [9.17, 15) is 18.0 Å². The van der Waals surface area contributed by atoms with Crippen molar-refractivity contribution >= 4 is 44.8 Å². The minimum absolute atomic E-state index is 0.00412. The van der Waals surface area contributed by atoms with Crippen molar-refractivity contribution in [2.75, 3.05) is 5.75 Å². The van der Waals surface area contributed by atoms with Crippen LogP contribution in [0.1, 0.15) is 40.7 Å². The van der Waals surface area contributed by atoms with Gasteiger partial charge in [0.15, 0.2) is 21.4 Å². The Hall–Kier alpha value is -1.89. The number of thioether (sulfide) groups is 1. The lowest BCUT2D eigenvalue weighted by Crippen LogP contribution is -2.19. The predicted molar refractivity (Wildman–Crippen MR) is 114 cm³/mol. The van der Waals surface area contributed by atoms with Crippen LogP contribution in [0.15, 0.2) is 56.7 Å². The molecule has 29 heavy (non-hydrogen) atoms. The molecule has 0 unspecified atom stereocenters. The van der Waals surface area contributed by atoms with Gasteiger partial charge in [0.2, 0.25) is 0 Å².